The van der Waals surface area contributed by atoms with Gasteiger partial charge in [0.05, 0.1) is 34.9 Å². The fourth-order valence-electron chi connectivity index (χ4n) is 5.87. The molecule has 1 fully saturated rings. The molecular weight excluding hydrogens is 641 g/mol. The highest BCUT2D eigenvalue weighted by atomic mass is 32.2. The molecule has 7 nitrogen and oxygen atoms in total. The molecule has 13 heteroatoms. The Morgan fingerprint density at radius 2 is 1.68 bits per heavy atom. The summed E-state index contributed by atoms with van der Waals surface area (Å²) in [6, 6.07) is 17.2. The zero-order valence-electron chi connectivity index (χ0n) is 25.9. The quantitative estimate of drug-likeness (QED) is 0.200. The standard InChI is InChI=1S/C34H36F5N3O4S/c1-3-33(35,36)46-21-27-12-7-24(22-5-10-25(11-6-22)34(37,38)39)20-42(27)26-13-16-30(32(41)43)31(19-26)29(17-18-40)23-8-14-28(15-9-23)47(44,45)4-2/h5-6,8-11,13-16,19,24,27,29H,3-4,7,12,17,20-21H2,1-2H3,(H2,41,43)/t24-,27-,29-/m1/s1. The third-order valence-corrected chi connectivity index (χ3v) is 10.4. The third kappa shape index (κ3) is 8.48. The maximum Gasteiger partial charge on any atom is 0.416 e. The highest BCUT2D eigenvalue weighted by Gasteiger charge is 2.35. The molecule has 1 heterocycles. The number of piperidine rings is 1. The Kier molecular flexibility index (Phi) is 11.0. The van der Waals surface area contributed by atoms with Crippen LogP contribution in [0.25, 0.3) is 0 Å². The summed E-state index contributed by atoms with van der Waals surface area (Å²) in [5.74, 6) is -1.80. The van der Waals surface area contributed by atoms with E-state index in [0.717, 1.165) is 12.1 Å². The zero-order valence-corrected chi connectivity index (χ0v) is 26.8. The van der Waals surface area contributed by atoms with Crippen molar-refractivity contribution in [3.05, 3.63) is 94.5 Å². The van der Waals surface area contributed by atoms with E-state index in [0.29, 0.717) is 35.2 Å². The summed E-state index contributed by atoms with van der Waals surface area (Å²) in [7, 11) is -3.49. The normalized spacial score (nSPS) is 18.0. The van der Waals surface area contributed by atoms with E-state index in [9.17, 15) is 40.4 Å². The van der Waals surface area contributed by atoms with Crippen molar-refractivity contribution in [2.75, 3.05) is 23.8 Å². The summed E-state index contributed by atoms with van der Waals surface area (Å²) in [5.41, 5.74) is 7.20. The fourth-order valence-corrected chi connectivity index (χ4v) is 6.75. The maximum absolute atomic E-state index is 14.2. The number of benzene rings is 3. The van der Waals surface area contributed by atoms with Gasteiger partial charge in [0, 0.05) is 42.5 Å². The predicted molar refractivity (Wildman–Crippen MR) is 167 cm³/mol. The van der Waals surface area contributed by atoms with Crippen molar-refractivity contribution in [3.63, 3.8) is 0 Å². The van der Waals surface area contributed by atoms with Gasteiger partial charge in [0.15, 0.2) is 9.84 Å². The van der Waals surface area contributed by atoms with Gasteiger partial charge in [0.2, 0.25) is 5.91 Å². The van der Waals surface area contributed by atoms with E-state index in [1.54, 1.807) is 24.3 Å². The van der Waals surface area contributed by atoms with Crippen molar-refractivity contribution < 1.29 is 39.9 Å². The second-order valence-corrected chi connectivity index (χ2v) is 13.8. The van der Waals surface area contributed by atoms with Crippen LogP contribution in [0.1, 0.15) is 84.0 Å². The number of amides is 1. The van der Waals surface area contributed by atoms with Crippen molar-refractivity contribution in [1.82, 2.24) is 0 Å². The first-order valence-electron chi connectivity index (χ1n) is 15.2. The molecule has 0 saturated carbocycles. The summed E-state index contributed by atoms with van der Waals surface area (Å²) in [6.45, 7) is 2.74. The smallest absolute Gasteiger partial charge is 0.366 e. The second-order valence-electron chi connectivity index (χ2n) is 11.5. The SMILES string of the molecule is CCC(F)(F)OC[C@H]1CC[C@@H](c2ccc(C(F)(F)F)cc2)CN1c1ccc(C(N)=O)c([C@H](CC#N)c2ccc(S(=O)(=O)CC)cc2)c1. The van der Waals surface area contributed by atoms with E-state index < -0.39 is 52.0 Å². The van der Waals surface area contributed by atoms with Gasteiger partial charge in [-0.3, -0.25) is 4.79 Å². The number of primary amides is 1. The molecule has 1 amide bonds. The highest BCUT2D eigenvalue weighted by molar-refractivity contribution is 7.91. The van der Waals surface area contributed by atoms with Crippen LogP contribution in [0.5, 0.6) is 0 Å². The number of hydrogen-bond acceptors (Lipinski definition) is 6. The summed E-state index contributed by atoms with van der Waals surface area (Å²) in [5, 5.41) is 9.74. The van der Waals surface area contributed by atoms with Crippen LogP contribution in [0.2, 0.25) is 0 Å². The number of ether oxygens (including phenoxy) is 1. The monoisotopic (exact) mass is 677 g/mol. The van der Waals surface area contributed by atoms with Crippen LogP contribution >= 0.6 is 0 Å². The molecule has 0 radical (unpaired) electrons. The van der Waals surface area contributed by atoms with Gasteiger partial charge in [-0.2, -0.15) is 27.2 Å². The Balaban J connectivity index is 1.77. The number of carbonyl (C=O) groups excluding carboxylic acids is 1. The lowest BCUT2D eigenvalue weighted by Gasteiger charge is -2.42. The minimum atomic E-state index is -4.49. The number of carbonyl (C=O) groups is 1. The van der Waals surface area contributed by atoms with Gasteiger partial charge in [0.25, 0.3) is 0 Å². The number of halogens is 5. The van der Waals surface area contributed by atoms with Gasteiger partial charge in [0.1, 0.15) is 0 Å². The second kappa shape index (κ2) is 14.4. The molecule has 252 valence electrons. The van der Waals surface area contributed by atoms with E-state index in [1.807, 2.05) is 4.90 Å². The Morgan fingerprint density at radius 3 is 2.23 bits per heavy atom. The number of nitrogens with zero attached hydrogens (tertiary/aromatic N) is 2. The van der Waals surface area contributed by atoms with Gasteiger partial charge in [-0.15, -0.1) is 0 Å². The summed E-state index contributed by atoms with van der Waals surface area (Å²) in [4.78, 5) is 14.5. The van der Waals surface area contributed by atoms with E-state index in [2.05, 4.69) is 6.07 Å². The van der Waals surface area contributed by atoms with Crippen LogP contribution in [0.4, 0.5) is 27.6 Å². The number of hydrogen-bond donors (Lipinski definition) is 1. The number of rotatable bonds is 12. The average molecular weight is 678 g/mol. The van der Waals surface area contributed by atoms with Crippen LogP contribution in [0.3, 0.4) is 0 Å². The first kappa shape index (κ1) is 35.8. The number of nitriles is 1. The Morgan fingerprint density at radius 1 is 1.02 bits per heavy atom. The molecule has 1 saturated heterocycles. The van der Waals surface area contributed by atoms with Crippen LogP contribution in [0, 0.1) is 11.3 Å². The van der Waals surface area contributed by atoms with E-state index in [-0.39, 0.29) is 41.7 Å². The third-order valence-electron chi connectivity index (χ3n) is 8.64. The molecule has 3 aromatic rings. The van der Waals surface area contributed by atoms with Gasteiger partial charge >= 0.3 is 12.3 Å². The van der Waals surface area contributed by atoms with Crippen molar-refractivity contribution in [2.45, 2.75) is 74.6 Å². The Hall–Kier alpha value is -4.02. The van der Waals surface area contributed by atoms with Gasteiger partial charge < -0.3 is 15.4 Å². The number of anilines is 1. The molecule has 0 spiro atoms. The summed E-state index contributed by atoms with van der Waals surface area (Å²) < 4.78 is 97.7. The lowest BCUT2D eigenvalue weighted by Crippen LogP contribution is -2.46. The molecule has 47 heavy (non-hydrogen) atoms. The molecule has 1 aliphatic rings. The minimum Gasteiger partial charge on any atom is -0.366 e. The van der Waals surface area contributed by atoms with Gasteiger partial charge in [-0.05, 0) is 72.0 Å². The largest absolute Gasteiger partial charge is 0.416 e. The molecule has 3 atom stereocenters. The van der Waals surface area contributed by atoms with Crippen molar-refractivity contribution >= 4 is 21.4 Å². The van der Waals surface area contributed by atoms with Crippen LogP contribution < -0.4 is 10.6 Å². The maximum atomic E-state index is 14.2. The zero-order chi connectivity index (χ0) is 34.6. The minimum absolute atomic E-state index is 0.0902. The average Bonchev–Trinajstić information content (AvgIpc) is 3.05. The molecule has 0 bridgehead atoms. The van der Waals surface area contributed by atoms with Crippen LogP contribution in [0.15, 0.2) is 71.6 Å². The molecule has 3 aromatic carbocycles. The molecule has 0 unspecified atom stereocenters. The molecule has 2 N–H and O–H groups in total. The predicted octanol–water partition coefficient (Wildman–Crippen LogP) is 7.42. The Bertz CT molecular complexity index is 1710. The number of nitrogens with two attached hydrogens (primary N) is 1. The molecule has 0 aliphatic carbocycles. The lowest BCUT2D eigenvalue weighted by atomic mass is 9.84. The van der Waals surface area contributed by atoms with E-state index in [1.165, 1.54) is 44.2 Å². The van der Waals surface area contributed by atoms with Gasteiger partial charge in [-0.25, -0.2) is 8.42 Å². The first-order valence-corrected chi connectivity index (χ1v) is 16.8. The van der Waals surface area contributed by atoms with Crippen LogP contribution in [-0.2, 0) is 20.8 Å². The number of sulfone groups is 1. The van der Waals surface area contributed by atoms with Crippen LogP contribution in [-0.4, -0.2) is 45.4 Å². The van der Waals surface area contributed by atoms with Crippen molar-refractivity contribution in [2.24, 2.45) is 5.73 Å². The number of alkyl halides is 5. The lowest BCUT2D eigenvalue weighted by molar-refractivity contribution is -0.241. The van der Waals surface area contributed by atoms with E-state index in [4.69, 9.17) is 10.5 Å². The summed E-state index contributed by atoms with van der Waals surface area (Å²) >= 11 is 0. The molecular formula is C34H36F5N3O4S. The Labute approximate surface area is 271 Å². The summed E-state index contributed by atoms with van der Waals surface area (Å²) in [6.07, 6.45) is -7.58. The molecule has 0 aromatic heterocycles. The molecule has 4 rings (SSSR count). The van der Waals surface area contributed by atoms with E-state index >= 15 is 0 Å². The van der Waals surface area contributed by atoms with Gasteiger partial charge in [-0.1, -0.05) is 38.1 Å². The fraction of sp³-hybridized carbons (Fsp3) is 0.412. The van der Waals surface area contributed by atoms with Crippen molar-refractivity contribution in [1.29, 1.82) is 5.26 Å². The highest BCUT2D eigenvalue weighted by Crippen LogP contribution is 2.39. The van der Waals surface area contributed by atoms with Crippen molar-refractivity contribution in [3.8, 4) is 6.07 Å². The first-order chi connectivity index (χ1) is 22.1. The molecule has 1 aliphatic heterocycles. The topological polar surface area (TPSA) is 113 Å².